The van der Waals surface area contributed by atoms with Crippen LogP contribution in [0.1, 0.15) is 48.0 Å². The van der Waals surface area contributed by atoms with Gasteiger partial charge in [0.15, 0.2) is 0 Å². The number of nitrogens with one attached hydrogen (secondary N) is 1. The summed E-state index contributed by atoms with van der Waals surface area (Å²) in [7, 11) is 0. The number of benzene rings is 2. The normalized spacial score (nSPS) is 10.8. The molecule has 0 bridgehead atoms. The van der Waals surface area contributed by atoms with Crippen molar-refractivity contribution in [1.82, 2.24) is 9.99 Å². The zero-order valence-electron chi connectivity index (χ0n) is 17.5. The van der Waals surface area contributed by atoms with Crippen molar-refractivity contribution in [3.8, 4) is 5.69 Å². The van der Waals surface area contributed by atoms with Crippen LogP contribution in [0.25, 0.3) is 5.69 Å². The molecule has 1 amide bonds. The van der Waals surface area contributed by atoms with E-state index >= 15 is 0 Å². The predicted octanol–water partition coefficient (Wildman–Crippen LogP) is 3.16. The lowest BCUT2D eigenvalue weighted by Gasteiger charge is -2.12. The van der Waals surface area contributed by atoms with Crippen LogP contribution < -0.4 is 5.43 Å². The number of carboxylic acids is 2. The summed E-state index contributed by atoms with van der Waals surface area (Å²) in [6, 6.07) is 10.7. The van der Waals surface area contributed by atoms with E-state index in [2.05, 4.69) is 10.5 Å². The van der Waals surface area contributed by atoms with Gasteiger partial charge in [0.05, 0.1) is 22.3 Å². The van der Waals surface area contributed by atoms with Crippen molar-refractivity contribution in [2.45, 2.75) is 13.8 Å². The number of non-ortho nitro benzene ring substituents is 1. The molecule has 3 aromatic rings. The number of nitro groups is 1. The number of hydrogen-bond acceptors (Lipinski definition) is 6. The van der Waals surface area contributed by atoms with Crippen molar-refractivity contribution in [1.29, 1.82) is 0 Å². The highest BCUT2D eigenvalue weighted by atomic mass is 16.6. The van der Waals surface area contributed by atoms with E-state index in [0.29, 0.717) is 22.6 Å². The summed E-state index contributed by atoms with van der Waals surface area (Å²) in [6.07, 6.45) is 1.37. The highest BCUT2D eigenvalue weighted by Crippen LogP contribution is 2.22. The molecule has 0 unspecified atom stereocenters. The molecule has 0 aliphatic rings. The summed E-state index contributed by atoms with van der Waals surface area (Å²) >= 11 is 0. The van der Waals surface area contributed by atoms with Crippen molar-refractivity contribution >= 4 is 29.7 Å². The van der Waals surface area contributed by atoms with Gasteiger partial charge in [0.1, 0.15) is 0 Å². The Morgan fingerprint density at radius 3 is 2.21 bits per heavy atom. The van der Waals surface area contributed by atoms with E-state index in [4.69, 9.17) is 0 Å². The number of hydrogen-bond donors (Lipinski definition) is 3. The Morgan fingerprint density at radius 1 is 1.00 bits per heavy atom. The molecule has 0 atom stereocenters. The van der Waals surface area contributed by atoms with Crippen LogP contribution in [0.4, 0.5) is 5.69 Å². The molecular weight excluding hydrogens is 432 g/mol. The minimum Gasteiger partial charge on any atom is -0.478 e. The molecule has 0 radical (unpaired) electrons. The Hall–Kier alpha value is -4.80. The molecule has 0 saturated heterocycles. The quantitative estimate of drug-likeness (QED) is 0.283. The van der Waals surface area contributed by atoms with E-state index in [1.54, 1.807) is 24.5 Å². The lowest BCUT2D eigenvalue weighted by atomic mass is 10.1. The van der Waals surface area contributed by atoms with E-state index in [0.717, 1.165) is 12.1 Å². The van der Waals surface area contributed by atoms with Crippen molar-refractivity contribution in [3.05, 3.63) is 92.3 Å². The van der Waals surface area contributed by atoms with Crippen LogP contribution in [0.3, 0.4) is 0 Å². The van der Waals surface area contributed by atoms with Crippen molar-refractivity contribution in [3.63, 3.8) is 0 Å². The van der Waals surface area contributed by atoms with Gasteiger partial charge in [-0.15, -0.1) is 0 Å². The Bertz CT molecular complexity index is 1290. The van der Waals surface area contributed by atoms with Crippen LogP contribution in [0, 0.1) is 24.0 Å². The summed E-state index contributed by atoms with van der Waals surface area (Å²) in [5.74, 6) is -3.15. The van der Waals surface area contributed by atoms with E-state index in [1.807, 2.05) is 0 Å². The zero-order valence-corrected chi connectivity index (χ0v) is 17.5. The maximum atomic E-state index is 12.2. The smallest absolute Gasteiger partial charge is 0.335 e. The predicted molar refractivity (Wildman–Crippen MR) is 117 cm³/mol. The molecule has 11 nitrogen and oxygen atoms in total. The average Bonchev–Trinajstić information content (AvgIpc) is 3.06. The first-order valence-electron chi connectivity index (χ1n) is 9.47. The number of amides is 1. The van der Waals surface area contributed by atoms with Gasteiger partial charge in [0, 0.05) is 40.3 Å². The number of carbonyl (C=O) groups excluding carboxylic acids is 1. The first kappa shape index (κ1) is 22.9. The van der Waals surface area contributed by atoms with Crippen molar-refractivity contribution < 1.29 is 29.5 Å². The van der Waals surface area contributed by atoms with Gasteiger partial charge in [0.2, 0.25) is 0 Å². The second-order valence-corrected chi connectivity index (χ2v) is 7.05. The van der Waals surface area contributed by atoms with Crippen LogP contribution >= 0.6 is 0 Å². The molecule has 2 aromatic carbocycles. The van der Waals surface area contributed by atoms with E-state index in [9.17, 15) is 34.7 Å². The number of carboxylic acid groups (broad SMARTS) is 2. The van der Waals surface area contributed by atoms with Gasteiger partial charge in [-0.25, -0.2) is 15.0 Å². The molecule has 0 saturated carbocycles. The first-order valence-corrected chi connectivity index (χ1v) is 9.47. The molecule has 3 rings (SSSR count). The molecule has 1 aromatic heterocycles. The number of rotatable bonds is 7. The van der Waals surface area contributed by atoms with Crippen molar-refractivity contribution in [2.24, 2.45) is 5.10 Å². The highest BCUT2D eigenvalue weighted by Gasteiger charge is 2.16. The topological polar surface area (TPSA) is 164 Å². The number of nitro benzene ring substituents is 1. The summed E-state index contributed by atoms with van der Waals surface area (Å²) in [5.41, 5.74) is 4.05. The fourth-order valence-corrected chi connectivity index (χ4v) is 3.29. The third-order valence-corrected chi connectivity index (χ3v) is 4.83. The minimum atomic E-state index is -1.26. The summed E-state index contributed by atoms with van der Waals surface area (Å²) in [5, 5.41) is 33.4. The molecular formula is C22H18N4O7. The fourth-order valence-electron chi connectivity index (χ4n) is 3.29. The third-order valence-electron chi connectivity index (χ3n) is 4.83. The third kappa shape index (κ3) is 4.93. The molecule has 11 heteroatoms. The van der Waals surface area contributed by atoms with E-state index in [1.165, 1.54) is 36.5 Å². The molecule has 0 spiro atoms. The van der Waals surface area contributed by atoms with Crippen LogP contribution in [0.2, 0.25) is 0 Å². The van der Waals surface area contributed by atoms with E-state index < -0.39 is 22.8 Å². The van der Waals surface area contributed by atoms with Crippen LogP contribution in [0.15, 0.2) is 53.6 Å². The number of aromatic nitrogens is 1. The van der Waals surface area contributed by atoms with E-state index in [-0.39, 0.29) is 22.4 Å². The van der Waals surface area contributed by atoms with Gasteiger partial charge in [-0.05, 0) is 44.2 Å². The van der Waals surface area contributed by atoms with Gasteiger partial charge in [-0.1, -0.05) is 6.07 Å². The van der Waals surface area contributed by atoms with Gasteiger partial charge >= 0.3 is 11.9 Å². The molecule has 0 aliphatic carbocycles. The largest absolute Gasteiger partial charge is 0.478 e. The molecule has 0 fully saturated rings. The molecule has 33 heavy (non-hydrogen) atoms. The number of nitrogens with zero attached hydrogens (tertiary/aromatic N) is 3. The Labute approximate surface area is 186 Å². The Kier molecular flexibility index (Phi) is 6.34. The van der Waals surface area contributed by atoms with Gasteiger partial charge in [-0.3, -0.25) is 14.9 Å². The highest BCUT2D eigenvalue weighted by molar-refractivity contribution is 5.96. The molecule has 0 aliphatic heterocycles. The SMILES string of the molecule is Cc1cc(/C=N\NC(=O)c2cccc([N+](=O)[O-])c2)c(C)n1-c1cc(C(=O)O)cc(C(=O)O)c1. The molecule has 3 N–H and O–H groups in total. The van der Waals surface area contributed by atoms with Gasteiger partial charge in [0.25, 0.3) is 11.6 Å². The monoisotopic (exact) mass is 450 g/mol. The van der Waals surface area contributed by atoms with Crippen molar-refractivity contribution in [2.75, 3.05) is 0 Å². The number of carbonyl (C=O) groups is 3. The zero-order chi connectivity index (χ0) is 24.3. The lowest BCUT2D eigenvalue weighted by Crippen LogP contribution is -2.17. The maximum Gasteiger partial charge on any atom is 0.335 e. The summed E-state index contributed by atoms with van der Waals surface area (Å²) < 4.78 is 1.67. The Morgan fingerprint density at radius 2 is 1.64 bits per heavy atom. The van der Waals surface area contributed by atoms with Gasteiger partial charge in [-0.2, -0.15) is 5.10 Å². The second-order valence-electron chi connectivity index (χ2n) is 7.05. The molecule has 168 valence electrons. The minimum absolute atomic E-state index is 0.0681. The maximum absolute atomic E-state index is 12.2. The van der Waals surface area contributed by atoms with Crippen LogP contribution in [-0.4, -0.2) is 43.8 Å². The lowest BCUT2D eigenvalue weighted by molar-refractivity contribution is -0.384. The number of aryl methyl sites for hydroxylation is 1. The van der Waals surface area contributed by atoms with Gasteiger partial charge < -0.3 is 14.8 Å². The average molecular weight is 450 g/mol. The van der Waals surface area contributed by atoms with Crippen LogP contribution in [0.5, 0.6) is 0 Å². The van der Waals surface area contributed by atoms with Crippen LogP contribution in [-0.2, 0) is 0 Å². The Balaban J connectivity index is 1.88. The number of hydrazone groups is 1. The first-order chi connectivity index (χ1) is 15.6. The number of aromatic carboxylic acids is 2. The fraction of sp³-hybridized carbons (Fsp3) is 0.0909. The second kappa shape index (κ2) is 9.14. The standard InChI is InChI=1S/C22H18N4O7/c1-12-6-17(11-23-24-20(27)14-4-3-5-18(8-14)26(32)33)13(2)25(12)19-9-15(21(28)29)7-16(10-19)22(30)31/h3-11H,1-2H3,(H,24,27)(H,28,29)(H,30,31)/b23-11-. The summed E-state index contributed by atoms with van der Waals surface area (Å²) in [4.78, 5) is 45.3. The summed E-state index contributed by atoms with van der Waals surface area (Å²) in [6.45, 7) is 3.48. The molecule has 1 heterocycles.